The van der Waals surface area contributed by atoms with Crippen molar-refractivity contribution in [2.75, 3.05) is 20.2 Å². The first-order valence-corrected chi connectivity index (χ1v) is 6.30. The zero-order valence-electron chi connectivity index (χ0n) is 10.6. The summed E-state index contributed by atoms with van der Waals surface area (Å²) < 4.78 is 5.07. The van der Waals surface area contributed by atoms with Crippen LogP contribution < -0.4 is 10.1 Å². The number of phenolic OH excluding ortho intramolecular Hbond substituents is 1. The highest BCUT2D eigenvalue weighted by atomic mass is 16.5. The van der Waals surface area contributed by atoms with Crippen molar-refractivity contribution in [1.29, 1.82) is 0 Å². The van der Waals surface area contributed by atoms with Crippen molar-refractivity contribution in [3.63, 3.8) is 0 Å². The molecule has 1 heterocycles. The third kappa shape index (κ3) is 2.72. The Kier molecular flexibility index (Phi) is 3.89. The molecule has 1 aromatic rings. The van der Waals surface area contributed by atoms with Gasteiger partial charge < -0.3 is 15.2 Å². The van der Waals surface area contributed by atoms with Crippen LogP contribution in [0.5, 0.6) is 11.5 Å². The lowest BCUT2D eigenvalue weighted by atomic mass is 9.82. The van der Waals surface area contributed by atoms with E-state index in [1.807, 2.05) is 12.1 Å². The molecule has 3 heteroatoms. The number of rotatable bonds is 3. The van der Waals surface area contributed by atoms with Crippen LogP contribution in [0.25, 0.3) is 0 Å². The van der Waals surface area contributed by atoms with Crippen molar-refractivity contribution in [3.8, 4) is 11.5 Å². The minimum absolute atomic E-state index is 0.241. The predicted molar refractivity (Wildman–Crippen MR) is 68.7 cm³/mol. The average molecular weight is 235 g/mol. The molecule has 1 aromatic carbocycles. The molecule has 0 spiro atoms. The molecule has 1 saturated heterocycles. The van der Waals surface area contributed by atoms with Gasteiger partial charge in [0, 0.05) is 0 Å². The van der Waals surface area contributed by atoms with Crippen molar-refractivity contribution in [1.82, 2.24) is 5.32 Å². The first kappa shape index (κ1) is 12.2. The van der Waals surface area contributed by atoms with Crippen LogP contribution in [-0.2, 0) is 0 Å². The molecule has 3 nitrogen and oxygen atoms in total. The summed E-state index contributed by atoms with van der Waals surface area (Å²) in [6.07, 6.45) is 2.43. The Labute approximate surface area is 103 Å². The van der Waals surface area contributed by atoms with Gasteiger partial charge in [-0.2, -0.15) is 0 Å². The van der Waals surface area contributed by atoms with Gasteiger partial charge in [-0.15, -0.1) is 0 Å². The smallest absolute Gasteiger partial charge is 0.160 e. The van der Waals surface area contributed by atoms with E-state index in [-0.39, 0.29) is 5.75 Å². The second kappa shape index (κ2) is 5.41. The maximum Gasteiger partial charge on any atom is 0.160 e. The number of hydrogen-bond donors (Lipinski definition) is 2. The van der Waals surface area contributed by atoms with Gasteiger partial charge >= 0.3 is 0 Å². The van der Waals surface area contributed by atoms with Crippen LogP contribution in [0.15, 0.2) is 18.2 Å². The fraction of sp³-hybridized carbons (Fsp3) is 0.571. The fourth-order valence-corrected chi connectivity index (χ4v) is 2.61. The van der Waals surface area contributed by atoms with E-state index in [1.54, 1.807) is 7.11 Å². The Bertz CT molecular complexity index is 372. The minimum atomic E-state index is 0.241. The lowest BCUT2D eigenvalue weighted by molar-refractivity contribution is 0.328. The summed E-state index contributed by atoms with van der Waals surface area (Å²) in [5.41, 5.74) is 1.20. The third-order valence-electron chi connectivity index (χ3n) is 3.82. The van der Waals surface area contributed by atoms with Crippen LogP contribution in [-0.4, -0.2) is 25.3 Å². The number of aromatic hydroxyl groups is 1. The van der Waals surface area contributed by atoms with Gasteiger partial charge in [0.1, 0.15) is 0 Å². The van der Waals surface area contributed by atoms with Gasteiger partial charge in [0.25, 0.3) is 0 Å². The SMILES string of the molecule is COc1ccc(C(C)C2CCNCC2)cc1O. The molecule has 0 bridgehead atoms. The van der Waals surface area contributed by atoms with Gasteiger partial charge in [-0.05, 0) is 55.5 Å². The fourth-order valence-electron chi connectivity index (χ4n) is 2.61. The van der Waals surface area contributed by atoms with Gasteiger partial charge in [0.2, 0.25) is 0 Å². The highest BCUT2D eigenvalue weighted by Crippen LogP contribution is 2.35. The molecule has 1 unspecified atom stereocenters. The molecule has 0 amide bonds. The van der Waals surface area contributed by atoms with Crippen LogP contribution in [0.2, 0.25) is 0 Å². The predicted octanol–water partition coefficient (Wildman–Crippen LogP) is 2.50. The number of hydrogen-bond acceptors (Lipinski definition) is 3. The number of phenols is 1. The summed E-state index contributed by atoms with van der Waals surface area (Å²) in [4.78, 5) is 0. The van der Waals surface area contributed by atoms with Crippen molar-refractivity contribution in [2.45, 2.75) is 25.7 Å². The van der Waals surface area contributed by atoms with Crippen molar-refractivity contribution in [3.05, 3.63) is 23.8 Å². The molecule has 1 atom stereocenters. The van der Waals surface area contributed by atoms with Crippen molar-refractivity contribution in [2.24, 2.45) is 5.92 Å². The van der Waals surface area contributed by atoms with Crippen molar-refractivity contribution >= 4 is 0 Å². The highest BCUT2D eigenvalue weighted by molar-refractivity contribution is 5.42. The van der Waals surface area contributed by atoms with Crippen LogP contribution in [0.4, 0.5) is 0 Å². The summed E-state index contributed by atoms with van der Waals surface area (Å²) in [6, 6.07) is 5.75. The minimum Gasteiger partial charge on any atom is -0.504 e. The molecule has 0 saturated carbocycles. The Morgan fingerprint density at radius 2 is 2.06 bits per heavy atom. The molecule has 1 aliphatic rings. The number of nitrogens with one attached hydrogen (secondary N) is 1. The summed E-state index contributed by atoms with van der Waals surface area (Å²) in [6.45, 7) is 4.46. The molecule has 1 fully saturated rings. The van der Waals surface area contributed by atoms with E-state index in [1.165, 1.54) is 18.4 Å². The van der Waals surface area contributed by atoms with Gasteiger partial charge in [-0.3, -0.25) is 0 Å². The Hall–Kier alpha value is -1.22. The molecule has 17 heavy (non-hydrogen) atoms. The Morgan fingerprint density at radius 1 is 1.35 bits per heavy atom. The van der Waals surface area contributed by atoms with Crippen LogP contribution in [0.1, 0.15) is 31.2 Å². The number of methoxy groups -OCH3 is 1. The van der Waals surface area contributed by atoms with Gasteiger partial charge in [0.15, 0.2) is 11.5 Å². The zero-order valence-corrected chi connectivity index (χ0v) is 10.6. The standard InChI is InChI=1S/C14H21NO2/c1-10(11-5-7-15-8-6-11)12-3-4-14(17-2)13(16)9-12/h3-4,9-11,15-16H,5-8H2,1-2H3. The van der Waals surface area contributed by atoms with Gasteiger partial charge in [-0.25, -0.2) is 0 Å². The maximum absolute atomic E-state index is 9.80. The molecular weight excluding hydrogens is 214 g/mol. The summed E-state index contributed by atoms with van der Waals surface area (Å²) >= 11 is 0. The zero-order chi connectivity index (χ0) is 12.3. The first-order chi connectivity index (χ1) is 8.22. The summed E-state index contributed by atoms with van der Waals surface area (Å²) in [7, 11) is 1.57. The molecule has 94 valence electrons. The summed E-state index contributed by atoms with van der Waals surface area (Å²) in [5, 5.41) is 13.2. The van der Waals surface area contributed by atoms with E-state index < -0.39 is 0 Å². The van der Waals surface area contributed by atoms with Crippen LogP contribution in [0, 0.1) is 5.92 Å². The normalized spacial score (nSPS) is 18.9. The second-order valence-corrected chi connectivity index (χ2v) is 4.81. The molecule has 0 aliphatic carbocycles. The van der Waals surface area contributed by atoms with E-state index in [2.05, 4.69) is 18.3 Å². The van der Waals surface area contributed by atoms with E-state index in [4.69, 9.17) is 4.74 Å². The highest BCUT2D eigenvalue weighted by Gasteiger charge is 2.21. The molecule has 0 aromatic heterocycles. The van der Waals surface area contributed by atoms with Gasteiger partial charge in [0.05, 0.1) is 7.11 Å². The molecule has 1 aliphatic heterocycles. The Morgan fingerprint density at radius 3 is 2.65 bits per heavy atom. The molecule has 0 radical (unpaired) electrons. The molecule has 2 rings (SSSR count). The number of ether oxygens (including phenoxy) is 1. The second-order valence-electron chi connectivity index (χ2n) is 4.81. The number of benzene rings is 1. The van der Waals surface area contributed by atoms with Gasteiger partial charge in [-0.1, -0.05) is 13.0 Å². The van der Waals surface area contributed by atoms with Crippen LogP contribution in [0.3, 0.4) is 0 Å². The topological polar surface area (TPSA) is 41.5 Å². The van der Waals surface area contributed by atoms with E-state index in [0.717, 1.165) is 13.1 Å². The number of piperidine rings is 1. The quantitative estimate of drug-likeness (QED) is 0.845. The van der Waals surface area contributed by atoms with E-state index in [0.29, 0.717) is 17.6 Å². The lowest BCUT2D eigenvalue weighted by Gasteiger charge is -2.28. The Balaban J connectivity index is 2.12. The van der Waals surface area contributed by atoms with E-state index >= 15 is 0 Å². The first-order valence-electron chi connectivity index (χ1n) is 6.30. The molecular formula is C14H21NO2. The average Bonchev–Trinajstić information content (AvgIpc) is 2.39. The van der Waals surface area contributed by atoms with E-state index in [9.17, 15) is 5.11 Å². The van der Waals surface area contributed by atoms with Crippen LogP contribution >= 0.6 is 0 Å². The lowest BCUT2D eigenvalue weighted by Crippen LogP contribution is -2.30. The maximum atomic E-state index is 9.80. The molecule has 2 N–H and O–H groups in total. The van der Waals surface area contributed by atoms with Crippen molar-refractivity contribution < 1.29 is 9.84 Å². The third-order valence-corrected chi connectivity index (χ3v) is 3.82. The largest absolute Gasteiger partial charge is 0.504 e. The monoisotopic (exact) mass is 235 g/mol. The summed E-state index contributed by atoms with van der Waals surface area (Å²) in [5.74, 6) is 2.00.